The Bertz CT molecular complexity index is 1780. The number of carbonyl (C=O) groups is 2. The molecule has 0 aliphatic carbocycles. The third-order valence-electron chi connectivity index (χ3n) is 9.88. The number of hydrogen-bond donors (Lipinski definition) is 2. The van der Waals surface area contributed by atoms with E-state index in [1.807, 2.05) is 53.9 Å². The molecule has 2 unspecified atom stereocenters. The Kier molecular flexibility index (Phi) is 8.04. The summed E-state index contributed by atoms with van der Waals surface area (Å²) in [4.78, 5) is 46.0. The van der Waals surface area contributed by atoms with Crippen molar-refractivity contribution in [2.75, 3.05) is 13.1 Å². The number of imidazole rings is 2. The predicted octanol–water partition coefficient (Wildman–Crippen LogP) is 7.41. The first kappa shape index (κ1) is 33.1. The molecule has 0 bridgehead atoms. The Morgan fingerprint density at radius 1 is 0.714 bits per heavy atom. The number of ether oxygens (including phenoxy) is 2. The van der Waals surface area contributed by atoms with Crippen LogP contribution in [0.5, 0.6) is 0 Å². The van der Waals surface area contributed by atoms with Crippen molar-refractivity contribution in [1.82, 2.24) is 29.7 Å². The van der Waals surface area contributed by atoms with E-state index in [4.69, 9.17) is 19.4 Å². The lowest BCUT2D eigenvalue weighted by atomic mass is 10.0. The number of amides is 2. The highest BCUT2D eigenvalue weighted by Crippen LogP contribution is 2.37. The number of rotatable bonds is 4. The quantitative estimate of drug-likeness (QED) is 0.217. The summed E-state index contributed by atoms with van der Waals surface area (Å²) in [6, 6.07) is 13.2. The van der Waals surface area contributed by atoms with Gasteiger partial charge in [0.05, 0.1) is 35.9 Å². The highest BCUT2D eigenvalue weighted by atomic mass is 28.3. The molecule has 2 aromatic heterocycles. The van der Waals surface area contributed by atoms with Gasteiger partial charge in [0, 0.05) is 13.1 Å². The van der Waals surface area contributed by atoms with E-state index in [1.54, 1.807) is 9.80 Å². The second kappa shape index (κ2) is 11.9. The Hall–Kier alpha value is -4.38. The molecule has 7 rings (SSSR count). The average Bonchev–Trinajstić information content (AvgIpc) is 3.85. The fraction of sp³-hybridized carbons (Fsp3) is 0.474. The normalized spacial score (nSPS) is 20.0. The van der Waals surface area contributed by atoms with Gasteiger partial charge >= 0.3 is 12.2 Å². The topological polar surface area (TPSA) is 116 Å². The number of hydrogen-bond acceptors (Lipinski definition) is 6. The maximum Gasteiger partial charge on any atom is 0.410 e. The Balaban J connectivity index is 1.11. The largest absolute Gasteiger partial charge is 0.444 e. The van der Waals surface area contributed by atoms with Crippen molar-refractivity contribution in [1.29, 1.82) is 0 Å². The van der Waals surface area contributed by atoms with Crippen LogP contribution >= 0.6 is 0 Å². The third-order valence-corrected chi connectivity index (χ3v) is 13.4. The molecular weight excluding hydrogens is 633 g/mol. The highest BCUT2D eigenvalue weighted by Gasteiger charge is 2.39. The number of fused-ring (bicyclic) bond motifs is 3. The number of aromatic amines is 2. The monoisotopic (exact) mass is 680 g/mol. The van der Waals surface area contributed by atoms with Crippen LogP contribution in [0.15, 0.2) is 48.8 Å². The standard InChI is InChI=1S/C38H48N6O4Si/c1-37(2,3)47-35(45)43-17-9-11-29(43)33-39-21-27(41-33)23-13-15-25-26-16-14-24(20-32(26)49(7,8)31(25)19-23)28-22-40-34(42-28)30-12-10-18-44(30)36(46)48-38(4,5)6/h13-16,19-22,29-30H,9-12,17-18H2,1-8H3,(H,39,41)(H,40,42). The molecule has 2 saturated heterocycles. The van der Waals surface area contributed by atoms with Crippen molar-refractivity contribution in [3.05, 3.63) is 60.4 Å². The molecule has 4 aromatic rings. The maximum absolute atomic E-state index is 12.9. The molecule has 2 atom stereocenters. The Morgan fingerprint density at radius 3 is 1.51 bits per heavy atom. The molecule has 2 aromatic carbocycles. The van der Waals surface area contributed by atoms with Crippen LogP contribution in [-0.2, 0) is 9.47 Å². The van der Waals surface area contributed by atoms with Crippen molar-refractivity contribution in [3.63, 3.8) is 0 Å². The minimum Gasteiger partial charge on any atom is -0.444 e. The molecule has 0 spiro atoms. The molecule has 3 aliphatic heterocycles. The van der Waals surface area contributed by atoms with Gasteiger partial charge in [0.1, 0.15) is 30.9 Å². The van der Waals surface area contributed by atoms with Gasteiger partial charge in [0.2, 0.25) is 0 Å². The molecule has 49 heavy (non-hydrogen) atoms. The van der Waals surface area contributed by atoms with Crippen molar-refractivity contribution >= 4 is 30.6 Å². The van der Waals surface area contributed by atoms with Crippen molar-refractivity contribution in [2.24, 2.45) is 0 Å². The Morgan fingerprint density at radius 2 is 1.12 bits per heavy atom. The molecule has 0 radical (unpaired) electrons. The fourth-order valence-electron chi connectivity index (χ4n) is 7.56. The number of nitrogens with one attached hydrogen (secondary N) is 2. The number of nitrogens with zero attached hydrogens (tertiary/aromatic N) is 4. The summed E-state index contributed by atoms with van der Waals surface area (Å²) in [7, 11) is -2.05. The van der Waals surface area contributed by atoms with Crippen molar-refractivity contribution in [2.45, 2.75) is 104 Å². The average molecular weight is 681 g/mol. The summed E-state index contributed by atoms with van der Waals surface area (Å²) in [5.41, 5.74) is 5.59. The van der Waals surface area contributed by atoms with Crippen LogP contribution in [0.2, 0.25) is 13.1 Å². The van der Waals surface area contributed by atoms with E-state index < -0.39 is 19.3 Å². The summed E-state index contributed by atoms with van der Waals surface area (Å²) in [5.74, 6) is 1.60. The molecule has 258 valence electrons. The van der Waals surface area contributed by atoms with Gasteiger partial charge in [0.15, 0.2) is 0 Å². The maximum atomic E-state index is 12.9. The van der Waals surface area contributed by atoms with E-state index in [1.165, 1.54) is 21.5 Å². The molecular formula is C38H48N6O4Si. The van der Waals surface area contributed by atoms with Crippen LogP contribution in [0.1, 0.15) is 91.0 Å². The zero-order valence-electron chi connectivity index (χ0n) is 29.9. The minimum atomic E-state index is -2.05. The van der Waals surface area contributed by atoms with E-state index >= 15 is 0 Å². The molecule has 2 N–H and O–H groups in total. The van der Waals surface area contributed by atoms with Gasteiger partial charge in [-0.25, -0.2) is 19.6 Å². The van der Waals surface area contributed by atoms with E-state index in [2.05, 4.69) is 59.5 Å². The van der Waals surface area contributed by atoms with Crippen LogP contribution in [0.4, 0.5) is 9.59 Å². The number of carbonyl (C=O) groups excluding carboxylic acids is 2. The van der Waals surface area contributed by atoms with Gasteiger partial charge in [-0.3, -0.25) is 9.80 Å². The first-order chi connectivity index (χ1) is 23.1. The number of likely N-dealkylation sites (tertiary alicyclic amines) is 2. The zero-order chi connectivity index (χ0) is 34.9. The first-order valence-electron chi connectivity index (χ1n) is 17.5. The van der Waals surface area contributed by atoms with Gasteiger partial charge in [0.25, 0.3) is 0 Å². The lowest BCUT2D eigenvalue weighted by Crippen LogP contribution is -2.49. The fourth-order valence-corrected chi connectivity index (χ4v) is 10.7. The molecule has 3 aliphatic rings. The second-order valence-electron chi connectivity index (χ2n) is 16.2. The molecule has 2 amide bonds. The third kappa shape index (κ3) is 6.29. The first-order valence-corrected chi connectivity index (χ1v) is 20.5. The van der Waals surface area contributed by atoms with Gasteiger partial charge in [-0.1, -0.05) is 49.5 Å². The summed E-state index contributed by atoms with van der Waals surface area (Å²) < 4.78 is 11.4. The van der Waals surface area contributed by atoms with Crippen LogP contribution in [-0.4, -0.2) is 74.3 Å². The summed E-state index contributed by atoms with van der Waals surface area (Å²) in [6.45, 7) is 17.5. The van der Waals surface area contributed by atoms with Gasteiger partial charge in [-0.05, 0) is 99.9 Å². The van der Waals surface area contributed by atoms with Crippen LogP contribution in [0.3, 0.4) is 0 Å². The van der Waals surface area contributed by atoms with E-state index in [0.29, 0.717) is 13.1 Å². The number of benzene rings is 2. The van der Waals surface area contributed by atoms with E-state index in [-0.39, 0.29) is 24.3 Å². The molecule has 2 fully saturated rings. The molecule has 11 heteroatoms. The van der Waals surface area contributed by atoms with Gasteiger partial charge < -0.3 is 19.4 Å². The smallest absolute Gasteiger partial charge is 0.410 e. The van der Waals surface area contributed by atoms with Crippen molar-refractivity contribution < 1.29 is 19.1 Å². The summed E-state index contributed by atoms with van der Waals surface area (Å²) >= 11 is 0. The summed E-state index contributed by atoms with van der Waals surface area (Å²) in [6.07, 6.45) is 6.76. The van der Waals surface area contributed by atoms with Gasteiger partial charge in [-0.15, -0.1) is 0 Å². The number of aromatic nitrogens is 4. The lowest BCUT2D eigenvalue weighted by molar-refractivity contribution is 0.0208. The van der Waals surface area contributed by atoms with Crippen molar-refractivity contribution in [3.8, 4) is 33.6 Å². The Labute approximate surface area is 289 Å². The van der Waals surface area contributed by atoms with E-state index in [0.717, 1.165) is 59.8 Å². The second-order valence-corrected chi connectivity index (χ2v) is 20.5. The molecule has 5 heterocycles. The lowest BCUT2D eigenvalue weighted by Gasteiger charge is -2.27. The van der Waals surface area contributed by atoms with Crippen LogP contribution in [0, 0.1) is 0 Å². The molecule has 0 saturated carbocycles. The van der Waals surface area contributed by atoms with Gasteiger partial charge in [-0.2, -0.15) is 0 Å². The minimum absolute atomic E-state index is 0.122. The zero-order valence-corrected chi connectivity index (χ0v) is 30.9. The SMILES string of the molecule is CC(C)(C)OC(=O)N1CCCC1c1ncc(-c2ccc3c(c2)[Si](C)(C)c2cc(-c4cnc(C5CCCN5C(=O)OC(C)(C)C)[nH]4)ccc2-3)[nH]1. The van der Waals surface area contributed by atoms with Crippen LogP contribution in [0.25, 0.3) is 33.6 Å². The predicted molar refractivity (Wildman–Crippen MR) is 194 cm³/mol. The van der Waals surface area contributed by atoms with Crippen LogP contribution < -0.4 is 10.4 Å². The highest BCUT2D eigenvalue weighted by molar-refractivity contribution is 7.03. The molecule has 10 nitrogen and oxygen atoms in total. The number of H-pyrrole nitrogens is 2. The van der Waals surface area contributed by atoms with E-state index in [9.17, 15) is 9.59 Å². The summed E-state index contributed by atoms with van der Waals surface area (Å²) in [5, 5.41) is 2.79.